The van der Waals surface area contributed by atoms with Crippen LogP contribution < -0.4 is 5.32 Å². The lowest BCUT2D eigenvalue weighted by molar-refractivity contribution is 0.0879. The topological polar surface area (TPSA) is 73.0 Å². The molecule has 3 aromatic rings. The number of rotatable bonds is 5. The van der Waals surface area contributed by atoms with Crippen molar-refractivity contribution in [3.63, 3.8) is 0 Å². The third kappa shape index (κ3) is 3.20. The molecule has 0 saturated heterocycles. The van der Waals surface area contributed by atoms with E-state index in [1.54, 1.807) is 6.07 Å². The number of amides is 1. The SMILES string of the molecule is CCc1cnn([C@H]2C[C@@H](NC(=O)c3cc(-c4ccccc4)on3)C2)c1. The summed E-state index contributed by atoms with van der Waals surface area (Å²) < 4.78 is 7.29. The summed E-state index contributed by atoms with van der Waals surface area (Å²) in [7, 11) is 0. The summed E-state index contributed by atoms with van der Waals surface area (Å²) in [4.78, 5) is 12.3. The van der Waals surface area contributed by atoms with Crippen molar-refractivity contribution in [1.29, 1.82) is 0 Å². The number of nitrogens with one attached hydrogen (secondary N) is 1. The summed E-state index contributed by atoms with van der Waals surface area (Å²) in [6.07, 6.45) is 6.77. The van der Waals surface area contributed by atoms with E-state index in [-0.39, 0.29) is 11.9 Å². The van der Waals surface area contributed by atoms with E-state index in [4.69, 9.17) is 4.52 Å². The molecule has 1 aliphatic carbocycles. The van der Waals surface area contributed by atoms with Crippen molar-refractivity contribution < 1.29 is 9.32 Å². The molecule has 2 aromatic heterocycles. The molecule has 0 radical (unpaired) electrons. The van der Waals surface area contributed by atoms with Crippen LogP contribution >= 0.6 is 0 Å². The lowest BCUT2D eigenvalue weighted by Gasteiger charge is -2.35. The molecule has 0 bridgehead atoms. The van der Waals surface area contributed by atoms with Gasteiger partial charge in [0.15, 0.2) is 11.5 Å². The molecule has 1 fully saturated rings. The first kappa shape index (κ1) is 15.6. The van der Waals surface area contributed by atoms with Crippen molar-refractivity contribution >= 4 is 5.91 Å². The first-order valence-electron chi connectivity index (χ1n) is 8.59. The Balaban J connectivity index is 1.34. The molecule has 0 spiro atoms. The quantitative estimate of drug-likeness (QED) is 0.776. The van der Waals surface area contributed by atoms with E-state index in [1.165, 1.54) is 5.56 Å². The summed E-state index contributed by atoms with van der Waals surface area (Å²) in [6, 6.07) is 11.8. The molecular weight excluding hydrogens is 316 g/mol. The molecule has 6 heteroatoms. The number of aryl methyl sites for hydroxylation is 1. The summed E-state index contributed by atoms with van der Waals surface area (Å²) in [6.45, 7) is 2.12. The number of hydrogen-bond donors (Lipinski definition) is 1. The third-order valence-corrected chi connectivity index (χ3v) is 4.69. The van der Waals surface area contributed by atoms with Gasteiger partial charge in [0.25, 0.3) is 5.91 Å². The largest absolute Gasteiger partial charge is 0.355 e. The predicted octanol–water partition coefficient (Wildman–Crippen LogP) is 3.23. The number of carbonyl (C=O) groups is 1. The average Bonchev–Trinajstić information content (AvgIpc) is 3.27. The van der Waals surface area contributed by atoms with E-state index in [0.717, 1.165) is 24.8 Å². The van der Waals surface area contributed by atoms with E-state index in [9.17, 15) is 4.79 Å². The van der Waals surface area contributed by atoms with Crippen LogP contribution in [0.3, 0.4) is 0 Å². The van der Waals surface area contributed by atoms with Crippen LogP contribution in [-0.2, 0) is 6.42 Å². The van der Waals surface area contributed by atoms with Crippen LogP contribution in [0.2, 0.25) is 0 Å². The molecule has 0 unspecified atom stereocenters. The molecule has 1 aliphatic rings. The highest BCUT2D eigenvalue weighted by Crippen LogP contribution is 2.32. The highest BCUT2D eigenvalue weighted by Gasteiger charge is 2.32. The Morgan fingerprint density at radius 2 is 2.12 bits per heavy atom. The lowest BCUT2D eigenvalue weighted by Crippen LogP contribution is -2.45. The van der Waals surface area contributed by atoms with Gasteiger partial charge in [-0.15, -0.1) is 0 Å². The lowest BCUT2D eigenvalue weighted by atomic mass is 9.87. The molecule has 0 aliphatic heterocycles. The minimum absolute atomic E-state index is 0.156. The molecule has 25 heavy (non-hydrogen) atoms. The van der Waals surface area contributed by atoms with Gasteiger partial charge in [-0.05, 0) is 24.8 Å². The van der Waals surface area contributed by atoms with Crippen molar-refractivity contribution in [2.75, 3.05) is 0 Å². The number of carbonyl (C=O) groups excluding carboxylic acids is 1. The van der Waals surface area contributed by atoms with Gasteiger partial charge >= 0.3 is 0 Å². The fourth-order valence-corrected chi connectivity index (χ4v) is 3.06. The predicted molar refractivity (Wildman–Crippen MR) is 93.1 cm³/mol. The zero-order valence-corrected chi connectivity index (χ0v) is 14.1. The average molecular weight is 336 g/mol. The molecule has 4 rings (SSSR count). The highest BCUT2D eigenvalue weighted by atomic mass is 16.5. The molecule has 1 N–H and O–H groups in total. The number of hydrogen-bond acceptors (Lipinski definition) is 4. The van der Waals surface area contributed by atoms with Crippen molar-refractivity contribution in [3.8, 4) is 11.3 Å². The van der Waals surface area contributed by atoms with Gasteiger partial charge in [-0.2, -0.15) is 5.10 Å². The summed E-state index contributed by atoms with van der Waals surface area (Å²) in [5.74, 6) is 0.407. The maximum atomic E-state index is 12.3. The van der Waals surface area contributed by atoms with E-state index in [1.807, 2.05) is 41.2 Å². The zero-order valence-electron chi connectivity index (χ0n) is 14.1. The van der Waals surface area contributed by atoms with Gasteiger partial charge in [-0.3, -0.25) is 9.48 Å². The van der Waals surface area contributed by atoms with E-state index >= 15 is 0 Å². The summed E-state index contributed by atoms with van der Waals surface area (Å²) in [5.41, 5.74) is 2.46. The van der Waals surface area contributed by atoms with E-state index in [2.05, 4.69) is 28.7 Å². The Morgan fingerprint density at radius 1 is 1.32 bits per heavy atom. The standard InChI is InChI=1S/C19H20N4O2/c1-2-13-11-20-23(12-13)16-8-15(9-16)21-19(24)17-10-18(25-22-17)14-6-4-3-5-7-14/h3-7,10-12,15-16H,2,8-9H2,1H3,(H,21,24)/t15-,16+. The Hall–Kier alpha value is -2.89. The molecule has 1 amide bonds. The van der Waals surface area contributed by atoms with E-state index in [0.29, 0.717) is 17.5 Å². The molecule has 1 saturated carbocycles. The van der Waals surface area contributed by atoms with Gasteiger partial charge in [0.05, 0.1) is 12.2 Å². The first-order valence-corrected chi connectivity index (χ1v) is 8.59. The van der Waals surface area contributed by atoms with Crippen molar-refractivity contribution in [1.82, 2.24) is 20.3 Å². The Morgan fingerprint density at radius 3 is 2.84 bits per heavy atom. The van der Waals surface area contributed by atoms with Gasteiger partial charge < -0.3 is 9.84 Å². The smallest absolute Gasteiger partial charge is 0.273 e. The van der Waals surface area contributed by atoms with Crippen molar-refractivity contribution in [2.45, 2.75) is 38.3 Å². The third-order valence-electron chi connectivity index (χ3n) is 4.69. The van der Waals surface area contributed by atoms with Gasteiger partial charge in [0.2, 0.25) is 0 Å². The van der Waals surface area contributed by atoms with Gasteiger partial charge in [0.1, 0.15) is 0 Å². The molecular formula is C19H20N4O2. The molecule has 0 atom stereocenters. The zero-order chi connectivity index (χ0) is 17.2. The normalized spacial score (nSPS) is 19.4. The fraction of sp³-hybridized carbons (Fsp3) is 0.316. The van der Waals surface area contributed by atoms with Crippen LogP contribution in [0.15, 0.2) is 53.3 Å². The van der Waals surface area contributed by atoms with Crippen molar-refractivity contribution in [2.24, 2.45) is 0 Å². The summed E-state index contributed by atoms with van der Waals surface area (Å²) >= 11 is 0. The van der Waals surface area contributed by atoms with Crippen LogP contribution in [0.25, 0.3) is 11.3 Å². The Bertz CT molecular complexity index is 862. The van der Waals surface area contributed by atoms with Gasteiger partial charge in [0, 0.05) is 23.9 Å². The molecule has 128 valence electrons. The second kappa shape index (κ2) is 6.55. The minimum Gasteiger partial charge on any atom is -0.355 e. The second-order valence-electron chi connectivity index (χ2n) is 6.42. The van der Waals surface area contributed by atoms with Crippen molar-refractivity contribution in [3.05, 3.63) is 60.0 Å². The minimum atomic E-state index is -0.191. The second-order valence-corrected chi connectivity index (χ2v) is 6.42. The first-order chi connectivity index (χ1) is 12.2. The number of aromatic nitrogens is 3. The molecule has 1 aromatic carbocycles. The maximum absolute atomic E-state index is 12.3. The molecule has 6 nitrogen and oxygen atoms in total. The van der Waals surface area contributed by atoms with Gasteiger partial charge in [-0.1, -0.05) is 42.4 Å². The maximum Gasteiger partial charge on any atom is 0.273 e. The van der Waals surface area contributed by atoms with Crippen LogP contribution in [0.5, 0.6) is 0 Å². The van der Waals surface area contributed by atoms with Gasteiger partial charge in [-0.25, -0.2) is 0 Å². The fourth-order valence-electron chi connectivity index (χ4n) is 3.06. The van der Waals surface area contributed by atoms with Crippen LogP contribution in [0.1, 0.15) is 41.9 Å². The molecule has 2 heterocycles. The van der Waals surface area contributed by atoms with Crippen LogP contribution in [-0.4, -0.2) is 26.9 Å². The Kier molecular flexibility index (Phi) is 4.09. The van der Waals surface area contributed by atoms with E-state index < -0.39 is 0 Å². The number of nitrogens with zero attached hydrogens (tertiary/aromatic N) is 3. The monoisotopic (exact) mass is 336 g/mol. The number of benzene rings is 1. The van der Waals surface area contributed by atoms with Crippen LogP contribution in [0, 0.1) is 0 Å². The summed E-state index contributed by atoms with van der Waals surface area (Å²) in [5, 5.41) is 11.3. The van der Waals surface area contributed by atoms with Crippen LogP contribution in [0.4, 0.5) is 0 Å². The highest BCUT2D eigenvalue weighted by molar-refractivity contribution is 5.93. The Labute approximate surface area is 145 Å².